The van der Waals surface area contributed by atoms with Crippen LogP contribution in [0.25, 0.3) is 0 Å². The Morgan fingerprint density at radius 3 is 2.06 bits per heavy atom. The maximum absolute atomic E-state index is 5.18. The Bertz CT molecular complexity index is 273. The van der Waals surface area contributed by atoms with E-state index >= 15 is 0 Å². The molecule has 1 aromatic carbocycles. The monoisotopic (exact) mass is 222 g/mol. The molecule has 0 aromatic heterocycles. The lowest BCUT2D eigenvalue weighted by Gasteiger charge is -2.14. The molecule has 90 valence electrons. The van der Waals surface area contributed by atoms with Crippen LogP contribution in [0.3, 0.4) is 0 Å². The van der Waals surface area contributed by atoms with Crippen LogP contribution in [0.15, 0.2) is 24.3 Å². The van der Waals surface area contributed by atoms with Crippen LogP contribution in [0, 0.1) is 12.8 Å². The van der Waals surface area contributed by atoms with Gasteiger partial charge in [-0.2, -0.15) is 0 Å². The maximum Gasteiger partial charge on any atom is 0.0512 e. The molecule has 0 saturated heterocycles. The van der Waals surface area contributed by atoms with Crippen LogP contribution in [0.1, 0.15) is 17.5 Å². The zero-order chi connectivity index (χ0) is 11.8. The number of hydrogen-bond donors (Lipinski definition) is 0. The van der Waals surface area contributed by atoms with E-state index in [4.69, 9.17) is 9.47 Å². The van der Waals surface area contributed by atoms with E-state index in [2.05, 4.69) is 31.2 Å². The third-order valence-corrected chi connectivity index (χ3v) is 2.77. The van der Waals surface area contributed by atoms with Crippen molar-refractivity contribution in [3.8, 4) is 0 Å². The summed E-state index contributed by atoms with van der Waals surface area (Å²) >= 11 is 0. The lowest BCUT2D eigenvalue weighted by atomic mass is 10.0. The third kappa shape index (κ3) is 4.77. The van der Waals surface area contributed by atoms with Gasteiger partial charge in [0.1, 0.15) is 0 Å². The van der Waals surface area contributed by atoms with Gasteiger partial charge in [-0.05, 0) is 25.3 Å². The molecule has 1 aromatic rings. The molecule has 0 radical (unpaired) electrons. The van der Waals surface area contributed by atoms with Crippen LogP contribution in [0.2, 0.25) is 0 Å². The van der Waals surface area contributed by atoms with Gasteiger partial charge in [-0.25, -0.2) is 0 Å². The lowest BCUT2D eigenvalue weighted by molar-refractivity contribution is 0.0807. The van der Waals surface area contributed by atoms with Gasteiger partial charge in [0.15, 0.2) is 0 Å². The van der Waals surface area contributed by atoms with Crippen molar-refractivity contribution in [1.82, 2.24) is 0 Å². The van der Waals surface area contributed by atoms with Gasteiger partial charge in [0.2, 0.25) is 0 Å². The highest BCUT2D eigenvalue weighted by Crippen LogP contribution is 2.11. The normalized spacial score (nSPS) is 11.0. The van der Waals surface area contributed by atoms with E-state index in [1.54, 1.807) is 14.2 Å². The van der Waals surface area contributed by atoms with Crippen molar-refractivity contribution in [3.05, 3.63) is 35.4 Å². The fourth-order valence-electron chi connectivity index (χ4n) is 1.81. The van der Waals surface area contributed by atoms with E-state index in [-0.39, 0.29) is 0 Å². The van der Waals surface area contributed by atoms with E-state index in [0.29, 0.717) is 5.92 Å². The predicted molar refractivity (Wildman–Crippen MR) is 66.7 cm³/mol. The average Bonchev–Trinajstić information content (AvgIpc) is 2.29. The molecule has 0 amide bonds. The smallest absolute Gasteiger partial charge is 0.0512 e. The van der Waals surface area contributed by atoms with Gasteiger partial charge in [-0.15, -0.1) is 0 Å². The molecule has 0 bridgehead atoms. The topological polar surface area (TPSA) is 18.5 Å². The molecule has 0 saturated carbocycles. The van der Waals surface area contributed by atoms with Crippen molar-refractivity contribution < 1.29 is 9.47 Å². The molecular weight excluding hydrogens is 200 g/mol. The number of aryl methyl sites for hydroxylation is 2. The number of ether oxygens (including phenoxy) is 2. The Hall–Kier alpha value is -0.860. The van der Waals surface area contributed by atoms with Crippen molar-refractivity contribution in [2.24, 2.45) is 5.92 Å². The molecule has 0 unspecified atom stereocenters. The van der Waals surface area contributed by atoms with Crippen LogP contribution in [-0.2, 0) is 15.9 Å². The van der Waals surface area contributed by atoms with Gasteiger partial charge < -0.3 is 9.47 Å². The minimum atomic E-state index is 0.497. The second-order valence-corrected chi connectivity index (χ2v) is 4.30. The van der Waals surface area contributed by atoms with Gasteiger partial charge in [0.25, 0.3) is 0 Å². The fourth-order valence-corrected chi connectivity index (χ4v) is 1.81. The second-order valence-electron chi connectivity index (χ2n) is 4.30. The Balaban J connectivity index is 2.38. The van der Waals surface area contributed by atoms with Crippen LogP contribution in [-0.4, -0.2) is 27.4 Å². The van der Waals surface area contributed by atoms with Crippen LogP contribution >= 0.6 is 0 Å². The van der Waals surface area contributed by atoms with Crippen molar-refractivity contribution >= 4 is 0 Å². The number of benzene rings is 1. The van der Waals surface area contributed by atoms with E-state index in [9.17, 15) is 0 Å². The molecule has 0 N–H and O–H groups in total. The SMILES string of the molecule is COCC(CCc1ccc(C)cc1)COC. The van der Waals surface area contributed by atoms with Crippen LogP contribution in [0.4, 0.5) is 0 Å². The molecule has 16 heavy (non-hydrogen) atoms. The second kappa shape index (κ2) is 7.42. The van der Waals surface area contributed by atoms with Crippen molar-refractivity contribution in [3.63, 3.8) is 0 Å². The standard InChI is InChI=1S/C14H22O2/c1-12-4-6-13(7-5-12)8-9-14(10-15-2)11-16-3/h4-7,14H,8-11H2,1-3H3. The van der Waals surface area contributed by atoms with Gasteiger partial charge in [0, 0.05) is 20.1 Å². The molecule has 0 fully saturated rings. The number of rotatable bonds is 7. The zero-order valence-corrected chi connectivity index (χ0v) is 10.5. The fraction of sp³-hybridized carbons (Fsp3) is 0.571. The molecule has 1 rings (SSSR count). The van der Waals surface area contributed by atoms with E-state index in [1.165, 1.54) is 11.1 Å². The van der Waals surface area contributed by atoms with Crippen molar-refractivity contribution in [2.45, 2.75) is 19.8 Å². The summed E-state index contributed by atoms with van der Waals surface area (Å²) in [6.45, 7) is 3.67. The molecule has 0 atom stereocenters. The summed E-state index contributed by atoms with van der Waals surface area (Å²) in [7, 11) is 3.49. The predicted octanol–water partition coefficient (Wildman–Crippen LogP) is 2.84. The lowest BCUT2D eigenvalue weighted by Crippen LogP contribution is -2.15. The largest absolute Gasteiger partial charge is 0.384 e. The maximum atomic E-state index is 5.18. The summed E-state index contributed by atoms with van der Waals surface area (Å²) < 4.78 is 10.4. The Morgan fingerprint density at radius 1 is 1.00 bits per heavy atom. The first-order valence-corrected chi connectivity index (χ1v) is 5.79. The molecule has 0 heterocycles. The number of methoxy groups -OCH3 is 2. The Labute approximate surface area is 98.6 Å². The van der Waals surface area contributed by atoms with Crippen molar-refractivity contribution in [1.29, 1.82) is 0 Å². The zero-order valence-electron chi connectivity index (χ0n) is 10.5. The molecule has 0 aliphatic carbocycles. The van der Waals surface area contributed by atoms with Gasteiger partial charge in [0.05, 0.1) is 13.2 Å². The molecule has 2 nitrogen and oxygen atoms in total. The van der Waals surface area contributed by atoms with Crippen LogP contribution in [0.5, 0.6) is 0 Å². The summed E-state index contributed by atoms with van der Waals surface area (Å²) in [5, 5.41) is 0. The third-order valence-electron chi connectivity index (χ3n) is 2.77. The van der Waals surface area contributed by atoms with Crippen molar-refractivity contribution in [2.75, 3.05) is 27.4 Å². The summed E-state index contributed by atoms with van der Waals surface area (Å²) in [4.78, 5) is 0. The number of hydrogen-bond acceptors (Lipinski definition) is 2. The Morgan fingerprint density at radius 2 is 1.56 bits per heavy atom. The molecule has 0 spiro atoms. The van der Waals surface area contributed by atoms with E-state index < -0.39 is 0 Å². The van der Waals surface area contributed by atoms with E-state index in [1.807, 2.05) is 0 Å². The van der Waals surface area contributed by atoms with Gasteiger partial charge in [-0.1, -0.05) is 29.8 Å². The van der Waals surface area contributed by atoms with E-state index in [0.717, 1.165) is 26.1 Å². The molecule has 0 aliphatic heterocycles. The minimum absolute atomic E-state index is 0.497. The Kier molecular flexibility index (Phi) is 6.12. The highest BCUT2D eigenvalue weighted by atomic mass is 16.5. The highest BCUT2D eigenvalue weighted by Gasteiger charge is 2.08. The van der Waals surface area contributed by atoms with Crippen LogP contribution < -0.4 is 0 Å². The minimum Gasteiger partial charge on any atom is -0.384 e. The first-order chi connectivity index (χ1) is 7.76. The van der Waals surface area contributed by atoms with Gasteiger partial charge >= 0.3 is 0 Å². The summed E-state index contributed by atoms with van der Waals surface area (Å²) in [5.74, 6) is 0.497. The molecule has 0 aliphatic rings. The molecule has 2 heteroatoms. The summed E-state index contributed by atoms with van der Waals surface area (Å²) in [5.41, 5.74) is 2.71. The van der Waals surface area contributed by atoms with Gasteiger partial charge in [-0.3, -0.25) is 0 Å². The first kappa shape index (κ1) is 13.2. The summed E-state index contributed by atoms with van der Waals surface area (Å²) in [6.07, 6.45) is 2.21. The average molecular weight is 222 g/mol. The quantitative estimate of drug-likeness (QED) is 0.706. The molecular formula is C14H22O2. The highest BCUT2D eigenvalue weighted by molar-refractivity contribution is 5.21. The summed E-state index contributed by atoms with van der Waals surface area (Å²) in [6, 6.07) is 8.73. The first-order valence-electron chi connectivity index (χ1n) is 5.79.